The number of halogens is 1. The average molecular weight is 516 g/mol. The van der Waals surface area contributed by atoms with E-state index in [0.29, 0.717) is 25.1 Å². The SMILES string of the molecule is COCCCNC(=O)C1CC(F)CN1C(=O)C(O)C(Cc1ccccc1)NC(=O)c1cccc(O)c1C. The first-order chi connectivity index (χ1) is 17.7. The quantitative estimate of drug-likeness (QED) is 0.336. The molecule has 1 saturated heterocycles. The molecular formula is C27H34FN3O6. The van der Waals surface area contributed by atoms with Crippen molar-refractivity contribution in [1.82, 2.24) is 15.5 Å². The first-order valence-corrected chi connectivity index (χ1v) is 12.3. The molecule has 2 aromatic carbocycles. The summed E-state index contributed by atoms with van der Waals surface area (Å²) < 4.78 is 19.3. The van der Waals surface area contributed by atoms with Crippen molar-refractivity contribution in [3.8, 4) is 5.75 Å². The lowest BCUT2D eigenvalue weighted by Crippen LogP contribution is -2.56. The molecule has 4 atom stereocenters. The lowest BCUT2D eigenvalue weighted by atomic mass is 9.98. The summed E-state index contributed by atoms with van der Waals surface area (Å²) in [5.41, 5.74) is 1.30. The summed E-state index contributed by atoms with van der Waals surface area (Å²) in [5.74, 6) is -1.99. The molecule has 10 heteroatoms. The summed E-state index contributed by atoms with van der Waals surface area (Å²) in [7, 11) is 1.54. The molecule has 9 nitrogen and oxygen atoms in total. The van der Waals surface area contributed by atoms with Gasteiger partial charge in [0, 0.05) is 37.8 Å². The fourth-order valence-electron chi connectivity index (χ4n) is 4.39. The number of phenols is 1. The van der Waals surface area contributed by atoms with Crippen LogP contribution in [-0.4, -0.2) is 84.0 Å². The van der Waals surface area contributed by atoms with Crippen LogP contribution in [0.3, 0.4) is 0 Å². The number of alkyl halides is 1. The molecule has 1 aliphatic rings. The second kappa shape index (κ2) is 13.2. The Morgan fingerprint density at radius 3 is 2.59 bits per heavy atom. The molecule has 4 N–H and O–H groups in total. The van der Waals surface area contributed by atoms with Crippen molar-refractivity contribution in [2.75, 3.05) is 26.8 Å². The van der Waals surface area contributed by atoms with Gasteiger partial charge in [-0.05, 0) is 37.5 Å². The topological polar surface area (TPSA) is 128 Å². The third-order valence-electron chi connectivity index (χ3n) is 6.46. The van der Waals surface area contributed by atoms with Gasteiger partial charge in [0.15, 0.2) is 6.10 Å². The van der Waals surface area contributed by atoms with E-state index >= 15 is 0 Å². The van der Waals surface area contributed by atoms with Crippen molar-refractivity contribution in [2.45, 2.75) is 50.5 Å². The molecule has 0 bridgehead atoms. The average Bonchev–Trinajstić information content (AvgIpc) is 3.29. The van der Waals surface area contributed by atoms with Crippen LogP contribution in [0.25, 0.3) is 0 Å². The van der Waals surface area contributed by atoms with Crippen molar-refractivity contribution < 1.29 is 33.7 Å². The van der Waals surface area contributed by atoms with Gasteiger partial charge in [-0.2, -0.15) is 0 Å². The van der Waals surface area contributed by atoms with Gasteiger partial charge in [0.1, 0.15) is 18.0 Å². The van der Waals surface area contributed by atoms with E-state index in [-0.39, 0.29) is 30.7 Å². The molecule has 0 aromatic heterocycles. The van der Waals surface area contributed by atoms with Gasteiger partial charge in [0.05, 0.1) is 12.6 Å². The van der Waals surface area contributed by atoms with E-state index < -0.39 is 42.1 Å². The van der Waals surface area contributed by atoms with Crippen molar-refractivity contribution in [1.29, 1.82) is 0 Å². The highest BCUT2D eigenvalue weighted by Gasteiger charge is 2.43. The van der Waals surface area contributed by atoms with Gasteiger partial charge in [-0.3, -0.25) is 14.4 Å². The number of carbonyl (C=O) groups is 3. The Hall–Kier alpha value is -3.50. The molecule has 0 spiro atoms. The predicted octanol–water partition coefficient (Wildman–Crippen LogP) is 1.49. The Morgan fingerprint density at radius 2 is 1.89 bits per heavy atom. The fourth-order valence-corrected chi connectivity index (χ4v) is 4.39. The Bertz CT molecular complexity index is 1080. The molecule has 1 heterocycles. The number of methoxy groups -OCH3 is 1. The number of carbonyl (C=O) groups excluding carboxylic acids is 3. The number of ether oxygens (including phenoxy) is 1. The highest BCUT2D eigenvalue weighted by Crippen LogP contribution is 2.24. The van der Waals surface area contributed by atoms with Gasteiger partial charge >= 0.3 is 0 Å². The van der Waals surface area contributed by atoms with E-state index in [2.05, 4.69) is 10.6 Å². The van der Waals surface area contributed by atoms with E-state index in [1.165, 1.54) is 18.2 Å². The van der Waals surface area contributed by atoms with Gasteiger partial charge in [-0.15, -0.1) is 0 Å². The summed E-state index contributed by atoms with van der Waals surface area (Å²) in [4.78, 5) is 40.2. The van der Waals surface area contributed by atoms with Crippen LogP contribution in [0.2, 0.25) is 0 Å². The third-order valence-corrected chi connectivity index (χ3v) is 6.46. The molecule has 0 radical (unpaired) electrons. The number of hydrogen-bond donors (Lipinski definition) is 4. The van der Waals surface area contributed by atoms with E-state index in [1.807, 2.05) is 6.07 Å². The highest BCUT2D eigenvalue weighted by molar-refractivity contribution is 5.97. The molecule has 0 saturated carbocycles. The van der Waals surface area contributed by atoms with Gasteiger partial charge in [-0.25, -0.2) is 4.39 Å². The maximum atomic E-state index is 14.3. The zero-order valence-corrected chi connectivity index (χ0v) is 21.0. The van der Waals surface area contributed by atoms with Crippen LogP contribution in [0.1, 0.15) is 34.3 Å². The van der Waals surface area contributed by atoms with Crippen LogP contribution in [-0.2, 0) is 20.7 Å². The molecule has 1 fully saturated rings. The van der Waals surface area contributed by atoms with Gasteiger partial charge in [-0.1, -0.05) is 36.4 Å². The zero-order valence-electron chi connectivity index (χ0n) is 21.0. The van der Waals surface area contributed by atoms with Crippen LogP contribution in [0.5, 0.6) is 5.75 Å². The Labute approximate surface area is 215 Å². The number of aromatic hydroxyl groups is 1. The Kier molecular flexibility index (Phi) is 9.99. The minimum atomic E-state index is -1.74. The van der Waals surface area contributed by atoms with Crippen LogP contribution in [0.4, 0.5) is 4.39 Å². The number of nitrogens with zero attached hydrogens (tertiary/aromatic N) is 1. The minimum absolute atomic E-state index is 0.0608. The Balaban J connectivity index is 1.79. The molecule has 3 amide bonds. The predicted molar refractivity (Wildman–Crippen MR) is 135 cm³/mol. The summed E-state index contributed by atoms with van der Waals surface area (Å²) in [6, 6.07) is 11.3. The van der Waals surface area contributed by atoms with E-state index in [1.54, 1.807) is 38.3 Å². The number of aliphatic hydroxyl groups excluding tert-OH is 1. The lowest BCUT2D eigenvalue weighted by Gasteiger charge is -2.30. The zero-order chi connectivity index (χ0) is 26.9. The number of nitrogens with one attached hydrogen (secondary N) is 2. The molecular weight excluding hydrogens is 481 g/mol. The second-order valence-electron chi connectivity index (χ2n) is 9.14. The number of amides is 3. The molecule has 2 aromatic rings. The Morgan fingerprint density at radius 1 is 1.16 bits per heavy atom. The number of benzene rings is 2. The summed E-state index contributed by atoms with van der Waals surface area (Å²) in [6.45, 7) is 2.00. The smallest absolute Gasteiger partial charge is 0.254 e. The summed E-state index contributed by atoms with van der Waals surface area (Å²) in [6.07, 6.45) is -2.66. The van der Waals surface area contributed by atoms with Crippen LogP contribution in [0, 0.1) is 6.92 Å². The molecule has 1 aliphatic heterocycles. The molecule has 4 unspecified atom stereocenters. The number of rotatable bonds is 11. The number of phenolic OH excluding ortho intramolecular Hbond substituents is 1. The largest absolute Gasteiger partial charge is 0.508 e. The summed E-state index contributed by atoms with van der Waals surface area (Å²) >= 11 is 0. The molecule has 3 rings (SSSR count). The second-order valence-corrected chi connectivity index (χ2v) is 9.14. The standard InChI is InChI=1S/C27H34FN3O6/c1-17-20(10-6-11-23(17)32)25(34)30-21(14-18-8-4-3-5-9-18)24(33)27(36)31-16-19(28)15-22(31)26(35)29-12-7-13-37-2/h3-6,8-11,19,21-22,24,32-33H,7,12-16H2,1-2H3,(H,29,35)(H,30,34). The van der Waals surface area contributed by atoms with Crippen LogP contribution >= 0.6 is 0 Å². The molecule has 37 heavy (non-hydrogen) atoms. The monoisotopic (exact) mass is 515 g/mol. The number of likely N-dealkylation sites (tertiary alicyclic amines) is 1. The third kappa shape index (κ3) is 7.27. The first kappa shape index (κ1) is 28.1. The van der Waals surface area contributed by atoms with Crippen molar-refractivity contribution in [3.05, 3.63) is 65.2 Å². The number of aliphatic hydroxyl groups is 1. The fraction of sp³-hybridized carbons (Fsp3) is 0.444. The van der Waals surface area contributed by atoms with Crippen LogP contribution < -0.4 is 10.6 Å². The maximum Gasteiger partial charge on any atom is 0.254 e. The lowest BCUT2D eigenvalue weighted by molar-refractivity contribution is -0.146. The maximum absolute atomic E-state index is 14.3. The van der Waals surface area contributed by atoms with E-state index in [0.717, 1.165) is 10.5 Å². The van der Waals surface area contributed by atoms with Crippen molar-refractivity contribution in [2.24, 2.45) is 0 Å². The van der Waals surface area contributed by atoms with Crippen molar-refractivity contribution in [3.63, 3.8) is 0 Å². The first-order valence-electron chi connectivity index (χ1n) is 12.3. The van der Waals surface area contributed by atoms with Crippen molar-refractivity contribution >= 4 is 17.7 Å². The highest BCUT2D eigenvalue weighted by atomic mass is 19.1. The van der Waals surface area contributed by atoms with Gasteiger partial charge in [0.2, 0.25) is 5.91 Å². The van der Waals surface area contributed by atoms with E-state index in [4.69, 9.17) is 4.74 Å². The van der Waals surface area contributed by atoms with E-state index in [9.17, 15) is 29.0 Å². The minimum Gasteiger partial charge on any atom is -0.508 e. The molecule has 0 aliphatic carbocycles. The van der Waals surface area contributed by atoms with Gasteiger partial charge < -0.3 is 30.5 Å². The normalized spacial score (nSPS) is 18.8. The summed E-state index contributed by atoms with van der Waals surface area (Å²) in [5, 5.41) is 26.5. The van der Waals surface area contributed by atoms with Crippen LogP contribution in [0.15, 0.2) is 48.5 Å². The molecule has 200 valence electrons. The van der Waals surface area contributed by atoms with Gasteiger partial charge in [0.25, 0.3) is 11.8 Å². The number of hydrogen-bond acceptors (Lipinski definition) is 6.